The Morgan fingerprint density at radius 3 is 2.60 bits per heavy atom. The van der Waals surface area contributed by atoms with E-state index in [4.69, 9.17) is 23.2 Å². The molecule has 0 unspecified atom stereocenters. The van der Waals surface area contributed by atoms with Gasteiger partial charge in [0.2, 0.25) is 0 Å². The molecule has 0 aromatic heterocycles. The molecule has 0 amide bonds. The molecule has 0 aliphatic rings. The van der Waals surface area contributed by atoms with Crippen molar-refractivity contribution in [1.29, 1.82) is 0 Å². The Kier molecular flexibility index (Phi) is 4.90. The first-order valence-electron chi connectivity index (χ1n) is 4.18. The van der Waals surface area contributed by atoms with Crippen molar-refractivity contribution in [1.82, 2.24) is 0 Å². The van der Waals surface area contributed by atoms with Gasteiger partial charge in [-0.15, -0.1) is 11.6 Å². The highest BCUT2D eigenvalue weighted by Crippen LogP contribution is 2.27. The average molecular weight is 312 g/mol. The molecule has 0 saturated carbocycles. The van der Waals surface area contributed by atoms with E-state index in [1.807, 2.05) is 6.07 Å². The second-order valence-corrected chi connectivity index (χ2v) is 4.49. The third-order valence-electron chi connectivity index (χ3n) is 1.89. The molecule has 0 N–H and O–H groups in total. The smallest absolute Gasteiger partial charge is 0.310 e. The van der Waals surface area contributed by atoms with Gasteiger partial charge in [-0.1, -0.05) is 27.5 Å². The molecule has 5 heteroatoms. The first-order chi connectivity index (χ1) is 7.08. The fraction of sp³-hybridized carbons (Fsp3) is 0.300. The van der Waals surface area contributed by atoms with Gasteiger partial charge in [0.05, 0.1) is 13.5 Å². The summed E-state index contributed by atoms with van der Waals surface area (Å²) in [5.74, 6) is -0.0116. The summed E-state index contributed by atoms with van der Waals surface area (Å²) in [5, 5.41) is 0.526. The maximum absolute atomic E-state index is 11.1. The summed E-state index contributed by atoms with van der Waals surface area (Å²) in [6, 6.07) is 3.62. The first-order valence-corrected chi connectivity index (χ1v) is 5.88. The van der Waals surface area contributed by atoms with Crippen molar-refractivity contribution in [3.63, 3.8) is 0 Å². The van der Waals surface area contributed by atoms with Gasteiger partial charge in [-0.3, -0.25) is 4.79 Å². The van der Waals surface area contributed by atoms with E-state index in [9.17, 15) is 4.79 Å². The number of rotatable bonds is 3. The topological polar surface area (TPSA) is 26.3 Å². The van der Waals surface area contributed by atoms with Crippen LogP contribution in [0.1, 0.15) is 11.1 Å². The molecule has 0 fully saturated rings. The molecular formula is C10H9BrCl2O2. The Hall–Kier alpha value is -0.250. The number of hydrogen-bond donors (Lipinski definition) is 0. The van der Waals surface area contributed by atoms with Gasteiger partial charge in [-0.05, 0) is 23.3 Å². The molecule has 0 bridgehead atoms. The van der Waals surface area contributed by atoms with E-state index in [0.29, 0.717) is 16.5 Å². The minimum atomic E-state index is -0.324. The fourth-order valence-corrected chi connectivity index (χ4v) is 2.24. The van der Waals surface area contributed by atoms with E-state index in [1.54, 1.807) is 6.07 Å². The second-order valence-electron chi connectivity index (χ2n) is 2.92. The van der Waals surface area contributed by atoms with Crippen molar-refractivity contribution in [3.05, 3.63) is 32.8 Å². The van der Waals surface area contributed by atoms with E-state index >= 15 is 0 Å². The number of ether oxygens (including phenoxy) is 1. The summed E-state index contributed by atoms with van der Waals surface area (Å²) < 4.78 is 5.43. The maximum Gasteiger partial charge on any atom is 0.310 e. The second kappa shape index (κ2) is 5.73. The van der Waals surface area contributed by atoms with Gasteiger partial charge in [-0.25, -0.2) is 0 Å². The van der Waals surface area contributed by atoms with Crippen molar-refractivity contribution >= 4 is 45.1 Å². The summed E-state index contributed by atoms with van der Waals surface area (Å²) in [6.45, 7) is 0. The number of halogens is 3. The van der Waals surface area contributed by atoms with Gasteiger partial charge in [0.25, 0.3) is 0 Å². The van der Waals surface area contributed by atoms with Crippen molar-refractivity contribution < 1.29 is 9.53 Å². The molecule has 2 nitrogen and oxygen atoms in total. The van der Waals surface area contributed by atoms with Gasteiger partial charge in [0, 0.05) is 15.4 Å². The minimum Gasteiger partial charge on any atom is -0.469 e. The number of benzene rings is 1. The van der Waals surface area contributed by atoms with Gasteiger partial charge in [0.1, 0.15) is 0 Å². The Morgan fingerprint density at radius 1 is 1.47 bits per heavy atom. The predicted octanol–water partition coefficient (Wildman–Crippen LogP) is 3.56. The maximum atomic E-state index is 11.1. The zero-order valence-electron chi connectivity index (χ0n) is 8.02. The van der Waals surface area contributed by atoms with Crippen LogP contribution in [0.3, 0.4) is 0 Å². The van der Waals surface area contributed by atoms with E-state index in [0.717, 1.165) is 10.0 Å². The molecule has 1 aromatic carbocycles. The zero-order valence-corrected chi connectivity index (χ0v) is 11.1. The summed E-state index contributed by atoms with van der Waals surface area (Å²) in [4.78, 5) is 11.1. The van der Waals surface area contributed by atoms with Gasteiger partial charge < -0.3 is 4.74 Å². The summed E-state index contributed by atoms with van der Waals surface area (Å²) in [5.41, 5.74) is 1.51. The van der Waals surface area contributed by atoms with Crippen LogP contribution in [-0.4, -0.2) is 13.1 Å². The highest BCUT2D eigenvalue weighted by Gasteiger charge is 2.11. The van der Waals surface area contributed by atoms with Crippen molar-refractivity contribution in [2.24, 2.45) is 0 Å². The fourth-order valence-electron chi connectivity index (χ4n) is 1.16. The highest BCUT2D eigenvalue weighted by molar-refractivity contribution is 9.10. The van der Waals surface area contributed by atoms with Gasteiger partial charge in [0.15, 0.2) is 0 Å². The molecule has 0 spiro atoms. The average Bonchev–Trinajstić information content (AvgIpc) is 2.22. The monoisotopic (exact) mass is 310 g/mol. The molecule has 0 heterocycles. The van der Waals surface area contributed by atoms with Crippen LogP contribution in [0.5, 0.6) is 0 Å². The molecule has 0 radical (unpaired) electrons. The van der Waals surface area contributed by atoms with Crippen molar-refractivity contribution in [3.8, 4) is 0 Å². The van der Waals surface area contributed by atoms with Crippen LogP contribution < -0.4 is 0 Å². The lowest BCUT2D eigenvalue weighted by Gasteiger charge is -2.08. The number of carbonyl (C=O) groups is 1. The van der Waals surface area contributed by atoms with Gasteiger partial charge in [-0.2, -0.15) is 0 Å². The standard InChI is InChI=1S/C10H9BrCl2O2/c1-15-9(14)4-6-2-8(11)3-7(5-12)10(6)13/h2-3H,4-5H2,1H3. The van der Waals surface area contributed by atoms with Crippen LogP contribution in [0.2, 0.25) is 5.02 Å². The van der Waals surface area contributed by atoms with Crippen LogP contribution in [0, 0.1) is 0 Å². The lowest BCUT2D eigenvalue weighted by molar-refractivity contribution is -0.139. The molecule has 0 aliphatic carbocycles. The Labute approximate surface area is 107 Å². The molecule has 1 rings (SSSR count). The first kappa shape index (κ1) is 12.8. The van der Waals surface area contributed by atoms with Crippen LogP contribution in [0.4, 0.5) is 0 Å². The lowest BCUT2D eigenvalue weighted by Crippen LogP contribution is -2.05. The van der Waals surface area contributed by atoms with Crippen LogP contribution in [0.15, 0.2) is 16.6 Å². The number of carbonyl (C=O) groups excluding carboxylic acids is 1. The predicted molar refractivity (Wildman–Crippen MR) is 64.4 cm³/mol. The van der Waals surface area contributed by atoms with Crippen molar-refractivity contribution in [2.45, 2.75) is 12.3 Å². The highest BCUT2D eigenvalue weighted by atomic mass is 79.9. The summed E-state index contributed by atoms with van der Waals surface area (Å²) >= 11 is 15.1. The van der Waals surface area contributed by atoms with Crippen LogP contribution in [0.25, 0.3) is 0 Å². The third-order valence-corrected chi connectivity index (χ3v) is 3.13. The largest absolute Gasteiger partial charge is 0.469 e. The summed E-state index contributed by atoms with van der Waals surface area (Å²) in [6.07, 6.45) is 0.151. The zero-order chi connectivity index (χ0) is 11.4. The molecular weight excluding hydrogens is 303 g/mol. The van der Waals surface area contributed by atoms with Crippen molar-refractivity contribution in [2.75, 3.05) is 7.11 Å². The molecule has 0 saturated heterocycles. The Morgan fingerprint density at radius 2 is 2.07 bits per heavy atom. The number of methoxy groups -OCH3 is 1. The summed E-state index contributed by atoms with van der Waals surface area (Å²) in [7, 11) is 1.34. The van der Waals surface area contributed by atoms with Gasteiger partial charge >= 0.3 is 5.97 Å². The molecule has 15 heavy (non-hydrogen) atoms. The quantitative estimate of drug-likeness (QED) is 0.630. The van der Waals surface area contributed by atoms with E-state index in [1.165, 1.54) is 7.11 Å². The molecule has 0 aliphatic heterocycles. The normalized spacial score (nSPS) is 10.1. The van der Waals surface area contributed by atoms with Crippen LogP contribution in [-0.2, 0) is 21.8 Å². The number of esters is 1. The number of hydrogen-bond acceptors (Lipinski definition) is 2. The number of alkyl halides is 1. The van der Waals surface area contributed by atoms with E-state index in [2.05, 4.69) is 20.7 Å². The van der Waals surface area contributed by atoms with E-state index < -0.39 is 0 Å². The van der Waals surface area contributed by atoms with E-state index in [-0.39, 0.29) is 12.4 Å². The molecule has 0 atom stereocenters. The minimum absolute atomic E-state index is 0.151. The Balaban J connectivity index is 3.06. The lowest BCUT2D eigenvalue weighted by atomic mass is 10.1. The molecule has 82 valence electrons. The molecule has 1 aromatic rings. The SMILES string of the molecule is COC(=O)Cc1cc(Br)cc(CCl)c1Cl. The third kappa shape index (κ3) is 3.37. The Bertz CT molecular complexity index is 380. The van der Waals surface area contributed by atoms with Crippen LogP contribution >= 0.6 is 39.1 Å².